The number of pyridine rings is 2. The molecule has 26 heavy (non-hydrogen) atoms. The van der Waals surface area contributed by atoms with Crippen LogP contribution in [0.5, 0.6) is 0 Å². The SMILES string of the molecule is N#Cc1ccc(Sc2nnc(-c3cccnc3)n2-c2ccccc2)nc1. The summed E-state index contributed by atoms with van der Waals surface area (Å²) in [6.07, 6.45) is 5.04. The van der Waals surface area contributed by atoms with Gasteiger partial charge >= 0.3 is 0 Å². The second-order valence-electron chi connectivity index (χ2n) is 5.32. The van der Waals surface area contributed by atoms with Gasteiger partial charge in [-0.2, -0.15) is 5.26 Å². The van der Waals surface area contributed by atoms with Crippen LogP contribution >= 0.6 is 11.8 Å². The Morgan fingerprint density at radius 2 is 1.81 bits per heavy atom. The second kappa shape index (κ2) is 7.17. The van der Waals surface area contributed by atoms with Gasteiger partial charge in [0, 0.05) is 29.8 Å². The topological polar surface area (TPSA) is 80.3 Å². The largest absolute Gasteiger partial charge is 0.270 e. The first-order chi connectivity index (χ1) is 12.8. The standard InChI is InChI=1S/C19H12N6S/c20-11-14-8-9-17(22-12-14)26-19-24-23-18(15-5-4-10-21-13-15)25(19)16-6-2-1-3-7-16/h1-10,12-13H. The predicted molar refractivity (Wildman–Crippen MR) is 97.7 cm³/mol. The van der Waals surface area contributed by atoms with Crippen LogP contribution in [0, 0.1) is 11.3 Å². The van der Waals surface area contributed by atoms with Crippen molar-refractivity contribution in [1.29, 1.82) is 5.26 Å². The van der Waals surface area contributed by atoms with Gasteiger partial charge < -0.3 is 0 Å². The van der Waals surface area contributed by atoms with E-state index < -0.39 is 0 Å². The molecule has 124 valence electrons. The van der Waals surface area contributed by atoms with Gasteiger partial charge in [0.25, 0.3) is 0 Å². The molecule has 0 N–H and O–H groups in total. The quantitative estimate of drug-likeness (QED) is 0.554. The summed E-state index contributed by atoms with van der Waals surface area (Å²) in [5.41, 5.74) is 2.35. The maximum absolute atomic E-state index is 8.91. The third-order valence-electron chi connectivity index (χ3n) is 3.63. The van der Waals surface area contributed by atoms with E-state index in [1.165, 1.54) is 11.8 Å². The molecule has 0 unspecified atom stereocenters. The molecule has 0 spiro atoms. The number of benzene rings is 1. The first kappa shape index (κ1) is 16.0. The number of nitrogens with zero attached hydrogens (tertiary/aromatic N) is 6. The molecule has 0 aliphatic carbocycles. The van der Waals surface area contributed by atoms with E-state index in [4.69, 9.17) is 5.26 Å². The summed E-state index contributed by atoms with van der Waals surface area (Å²) in [7, 11) is 0. The Labute approximate surface area is 154 Å². The van der Waals surface area contributed by atoms with Crippen LogP contribution in [0.15, 0.2) is 83.4 Å². The van der Waals surface area contributed by atoms with Crippen molar-refractivity contribution >= 4 is 11.8 Å². The normalized spacial score (nSPS) is 10.4. The molecular formula is C19H12N6S. The van der Waals surface area contributed by atoms with Crippen LogP contribution in [0.2, 0.25) is 0 Å². The smallest absolute Gasteiger partial charge is 0.202 e. The number of para-hydroxylation sites is 1. The van der Waals surface area contributed by atoms with Gasteiger partial charge in [0.2, 0.25) is 5.16 Å². The average molecular weight is 356 g/mol. The average Bonchev–Trinajstić information content (AvgIpc) is 3.13. The summed E-state index contributed by atoms with van der Waals surface area (Å²) in [6, 6.07) is 19.3. The zero-order valence-electron chi connectivity index (χ0n) is 13.5. The molecule has 0 saturated heterocycles. The molecule has 7 heteroatoms. The first-order valence-electron chi connectivity index (χ1n) is 7.80. The third kappa shape index (κ3) is 3.18. The molecule has 4 rings (SSSR count). The van der Waals surface area contributed by atoms with Crippen LogP contribution in [0.3, 0.4) is 0 Å². The summed E-state index contributed by atoms with van der Waals surface area (Å²) in [5, 5.41) is 19.1. The fourth-order valence-corrected chi connectivity index (χ4v) is 3.22. The van der Waals surface area contributed by atoms with Crippen molar-refractivity contribution in [3.8, 4) is 23.1 Å². The third-order valence-corrected chi connectivity index (χ3v) is 4.53. The van der Waals surface area contributed by atoms with Gasteiger partial charge in [0.1, 0.15) is 11.1 Å². The van der Waals surface area contributed by atoms with Gasteiger partial charge in [-0.3, -0.25) is 9.55 Å². The number of hydrogen-bond donors (Lipinski definition) is 0. The van der Waals surface area contributed by atoms with Crippen LogP contribution in [-0.2, 0) is 0 Å². The highest BCUT2D eigenvalue weighted by Gasteiger charge is 2.17. The van der Waals surface area contributed by atoms with Gasteiger partial charge in [-0.25, -0.2) is 4.98 Å². The zero-order valence-corrected chi connectivity index (χ0v) is 14.3. The molecule has 0 fully saturated rings. The highest BCUT2D eigenvalue weighted by Crippen LogP contribution is 2.31. The van der Waals surface area contributed by atoms with E-state index in [-0.39, 0.29) is 0 Å². The fourth-order valence-electron chi connectivity index (χ4n) is 2.43. The Morgan fingerprint density at radius 1 is 0.923 bits per heavy atom. The van der Waals surface area contributed by atoms with Crippen LogP contribution < -0.4 is 0 Å². The molecule has 0 atom stereocenters. The molecule has 0 aliphatic rings. The maximum atomic E-state index is 8.91. The molecular weight excluding hydrogens is 344 g/mol. The Hall–Kier alpha value is -3.50. The van der Waals surface area contributed by atoms with Gasteiger partial charge in [0.15, 0.2) is 5.82 Å². The molecule has 0 amide bonds. The van der Waals surface area contributed by atoms with E-state index in [1.54, 1.807) is 30.7 Å². The molecule has 6 nitrogen and oxygen atoms in total. The first-order valence-corrected chi connectivity index (χ1v) is 8.62. The van der Waals surface area contributed by atoms with Gasteiger partial charge in [-0.05, 0) is 48.2 Å². The van der Waals surface area contributed by atoms with Crippen LogP contribution in [0.4, 0.5) is 0 Å². The highest BCUT2D eigenvalue weighted by atomic mass is 32.2. The lowest BCUT2D eigenvalue weighted by Gasteiger charge is -2.09. The molecule has 0 bridgehead atoms. The molecule has 0 saturated carbocycles. The van der Waals surface area contributed by atoms with Crippen molar-refractivity contribution < 1.29 is 0 Å². The minimum atomic E-state index is 0.523. The maximum Gasteiger partial charge on any atom is 0.202 e. The van der Waals surface area contributed by atoms with Crippen molar-refractivity contribution in [3.63, 3.8) is 0 Å². The van der Waals surface area contributed by atoms with E-state index >= 15 is 0 Å². The minimum Gasteiger partial charge on any atom is -0.270 e. The minimum absolute atomic E-state index is 0.523. The van der Waals surface area contributed by atoms with E-state index in [0.717, 1.165) is 16.3 Å². The lowest BCUT2D eigenvalue weighted by Crippen LogP contribution is -1.99. The van der Waals surface area contributed by atoms with Crippen LogP contribution in [0.25, 0.3) is 17.1 Å². The summed E-state index contributed by atoms with van der Waals surface area (Å²) in [5.74, 6) is 0.709. The summed E-state index contributed by atoms with van der Waals surface area (Å²) in [4.78, 5) is 8.49. The number of rotatable bonds is 4. The summed E-state index contributed by atoms with van der Waals surface area (Å²) >= 11 is 1.39. The van der Waals surface area contributed by atoms with Crippen molar-refractivity contribution in [2.45, 2.75) is 10.2 Å². The van der Waals surface area contributed by atoms with Crippen molar-refractivity contribution in [1.82, 2.24) is 24.7 Å². The highest BCUT2D eigenvalue weighted by molar-refractivity contribution is 7.99. The Morgan fingerprint density at radius 3 is 2.50 bits per heavy atom. The molecule has 0 radical (unpaired) electrons. The monoisotopic (exact) mass is 356 g/mol. The molecule has 0 aliphatic heterocycles. The fraction of sp³-hybridized carbons (Fsp3) is 0. The Balaban J connectivity index is 1.79. The van der Waals surface area contributed by atoms with Gasteiger partial charge in [-0.15, -0.1) is 10.2 Å². The number of hydrogen-bond acceptors (Lipinski definition) is 6. The lowest BCUT2D eigenvalue weighted by molar-refractivity contribution is 0.882. The molecule has 1 aromatic carbocycles. The number of nitriles is 1. The van der Waals surface area contributed by atoms with E-state index in [0.29, 0.717) is 16.5 Å². The van der Waals surface area contributed by atoms with Crippen molar-refractivity contribution in [3.05, 3.63) is 78.8 Å². The van der Waals surface area contributed by atoms with Gasteiger partial charge in [-0.1, -0.05) is 18.2 Å². The molecule has 3 aromatic heterocycles. The molecule has 3 heterocycles. The Kier molecular flexibility index (Phi) is 4.41. The van der Waals surface area contributed by atoms with E-state index in [2.05, 4.69) is 26.2 Å². The second-order valence-corrected chi connectivity index (χ2v) is 6.31. The molecule has 4 aromatic rings. The summed E-state index contributed by atoms with van der Waals surface area (Å²) < 4.78 is 1.97. The van der Waals surface area contributed by atoms with Gasteiger partial charge in [0.05, 0.1) is 5.56 Å². The predicted octanol–water partition coefficient (Wildman–Crippen LogP) is 3.75. The summed E-state index contributed by atoms with van der Waals surface area (Å²) in [6.45, 7) is 0. The van der Waals surface area contributed by atoms with E-state index in [9.17, 15) is 0 Å². The van der Waals surface area contributed by atoms with Crippen LogP contribution in [-0.4, -0.2) is 24.7 Å². The van der Waals surface area contributed by atoms with Crippen molar-refractivity contribution in [2.24, 2.45) is 0 Å². The van der Waals surface area contributed by atoms with E-state index in [1.807, 2.05) is 47.0 Å². The number of aromatic nitrogens is 5. The zero-order chi connectivity index (χ0) is 17.8. The van der Waals surface area contributed by atoms with Crippen LogP contribution in [0.1, 0.15) is 5.56 Å². The van der Waals surface area contributed by atoms with Crippen molar-refractivity contribution in [2.75, 3.05) is 0 Å². The lowest BCUT2D eigenvalue weighted by atomic mass is 10.2. The Bertz CT molecular complexity index is 1050.